The van der Waals surface area contributed by atoms with Gasteiger partial charge in [0, 0.05) is 61.4 Å². The summed E-state index contributed by atoms with van der Waals surface area (Å²) in [6.07, 6.45) is 3.42. The quantitative estimate of drug-likeness (QED) is 0.721. The lowest BCUT2D eigenvalue weighted by Gasteiger charge is -2.39. The Labute approximate surface area is 192 Å². The van der Waals surface area contributed by atoms with Gasteiger partial charge in [-0.15, -0.1) is 0 Å². The molecule has 5 nitrogen and oxygen atoms in total. The maximum atomic E-state index is 12.7. The van der Waals surface area contributed by atoms with Crippen LogP contribution in [0.2, 0.25) is 0 Å². The van der Waals surface area contributed by atoms with Crippen LogP contribution in [-0.4, -0.2) is 48.4 Å². The molecule has 1 aromatic carbocycles. The summed E-state index contributed by atoms with van der Waals surface area (Å²) < 4.78 is 5.96. The first kappa shape index (κ1) is 22.7. The first-order valence-corrected chi connectivity index (χ1v) is 11.9. The molecule has 2 aliphatic heterocycles. The Morgan fingerprint density at radius 1 is 1.06 bits per heavy atom. The lowest BCUT2D eigenvalue weighted by molar-refractivity contribution is -0.133. The summed E-state index contributed by atoms with van der Waals surface area (Å²) in [6.45, 7) is 12.8. The molecule has 2 N–H and O–H groups in total. The van der Waals surface area contributed by atoms with Gasteiger partial charge in [0.1, 0.15) is 11.5 Å². The minimum absolute atomic E-state index is 0.0942. The van der Waals surface area contributed by atoms with Gasteiger partial charge < -0.3 is 15.4 Å². The van der Waals surface area contributed by atoms with E-state index in [2.05, 4.69) is 43.0 Å². The fourth-order valence-electron chi connectivity index (χ4n) is 5.35. The zero-order valence-electron chi connectivity index (χ0n) is 20.0. The number of amides is 1. The van der Waals surface area contributed by atoms with E-state index in [1.165, 1.54) is 16.7 Å². The van der Waals surface area contributed by atoms with E-state index in [1.54, 1.807) is 0 Å². The van der Waals surface area contributed by atoms with Crippen LogP contribution < -0.4 is 5.73 Å². The van der Waals surface area contributed by atoms with Gasteiger partial charge in [-0.25, -0.2) is 0 Å². The van der Waals surface area contributed by atoms with Gasteiger partial charge >= 0.3 is 0 Å². The van der Waals surface area contributed by atoms with Crippen LogP contribution in [0.1, 0.15) is 52.5 Å². The van der Waals surface area contributed by atoms with Crippen molar-refractivity contribution in [2.45, 2.75) is 53.4 Å². The van der Waals surface area contributed by atoms with Gasteiger partial charge in [0.15, 0.2) is 0 Å². The lowest BCUT2D eigenvalue weighted by atomic mass is 9.85. The molecule has 1 aromatic rings. The first-order chi connectivity index (χ1) is 15.3. The Bertz CT molecular complexity index is 968. The molecule has 1 atom stereocenters. The van der Waals surface area contributed by atoms with Crippen LogP contribution >= 0.6 is 0 Å². The third-order valence-electron chi connectivity index (χ3n) is 7.42. The second-order valence-electron chi connectivity index (χ2n) is 9.84. The Kier molecular flexibility index (Phi) is 6.47. The van der Waals surface area contributed by atoms with E-state index in [9.17, 15) is 4.79 Å². The number of rotatable bonds is 6. The highest BCUT2D eigenvalue weighted by Crippen LogP contribution is 2.50. The third-order valence-corrected chi connectivity index (χ3v) is 7.42. The molecule has 1 amide bonds. The van der Waals surface area contributed by atoms with Gasteiger partial charge in [0.05, 0.1) is 0 Å². The molecule has 4 rings (SSSR count). The highest BCUT2D eigenvalue weighted by atomic mass is 16.5. The monoisotopic (exact) mass is 435 g/mol. The van der Waals surface area contributed by atoms with Crippen molar-refractivity contribution in [2.24, 2.45) is 11.1 Å². The van der Waals surface area contributed by atoms with E-state index in [1.807, 2.05) is 24.8 Å². The van der Waals surface area contributed by atoms with Crippen LogP contribution in [0.25, 0.3) is 0 Å². The number of allylic oxidation sites excluding steroid dienone is 5. The normalized spacial score (nSPS) is 24.2. The van der Waals surface area contributed by atoms with Crippen LogP contribution in [0.3, 0.4) is 0 Å². The topological polar surface area (TPSA) is 58.8 Å². The number of hydrogen-bond acceptors (Lipinski definition) is 4. The number of carbonyl (C=O) groups excluding carboxylic acids is 1. The first-order valence-electron chi connectivity index (χ1n) is 11.9. The molecular formula is C27H37N3O2. The predicted molar refractivity (Wildman–Crippen MR) is 128 cm³/mol. The number of ether oxygens (including phenoxy) is 1. The van der Waals surface area contributed by atoms with Crippen molar-refractivity contribution in [3.63, 3.8) is 0 Å². The van der Waals surface area contributed by atoms with E-state index in [0.717, 1.165) is 74.8 Å². The largest absolute Gasteiger partial charge is 0.466 e. The van der Waals surface area contributed by atoms with E-state index in [-0.39, 0.29) is 11.3 Å². The standard InChI is InChI=1S/C27H37N3O2/c1-19-20(2)32-21(3)23-17-27(4,26(28)25(19)23)18-29-13-15-30(16-14-29)24(31)12-8-11-22-9-6-5-7-10-22/h5-7,9-10H,8,11-18,28H2,1-4H3. The summed E-state index contributed by atoms with van der Waals surface area (Å²) in [5.74, 6) is 2.23. The fourth-order valence-corrected chi connectivity index (χ4v) is 5.35. The molecule has 5 heteroatoms. The van der Waals surface area contributed by atoms with E-state index in [0.29, 0.717) is 6.42 Å². The van der Waals surface area contributed by atoms with E-state index in [4.69, 9.17) is 10.5 Å². The zero-order valence-corrected chi connectivity index (χ0v) is 20.0. The average Bonchev–Trinajstić information content (AvgIpc) is 3.04. The number of aryl methyl sites for hydroxylation is 1. The van der Waals surface area contributed by atoms with Crippen molar-refractivity contribution in [1.29, 1.82) is 0 Å². The molecule has 1 saturated heterocycles. The Morgan fingerprint density at radius 3 is 2.44 bits per heavy atom. The number of nitrogens with zero attached hydrogens (tertiary/aromatic N) is 2. The number of fused-ring (bicyclic) bond motifs is 1. The molecule has 0 bridgehead atoms. The SMILES string of the molecule is CC1=C(C)C2=C(N)C(C)(CN3CCN(C(=O)CCCc4ccccc4)CC3)CC2=C(C)O1. The number of nitrogens with two attached hydrogens (primary N) is 1. The van der Waals surface area contributed by atoms with Crippen molar-refractivity contribution < 1.29 is 9.53 Å². The van der Waals surface area contributed by atoms with Crippen LogP contribution in [0.4, 0.5) is 0 Å². The molecular weight excluding hydrogens is 398 g/mol. The van der Waals surface area contributed by atoms with E-state index >= 15 is 0 Å². The van der Waals surface area contributed by atoms with Gasteiger partial charge in [0.2, 0.25) is 5.91 Å². The van der Waals surface area contributed by atoms with Crippen LogP contribution in [0, 0.1) is 5.41 Å². The van der Waals surface area contributed by atoms with Crippen molar-refractivity contribution in [3.8, 4) is 0 Å². The average molecular weight is 436 g/mol. The van der Waals surface area contributed by atoms with Crippen molar-refractivity contribution >= 4 is 5.91 Å². The number of piperazine rings is 1. The van der Waals surface area contributed by atoms with Crippen LogP contribution in [-0.2, 0) is 16.0 Å². The van der Waals surface area contributed by atoms with Gasteiger partial charge in [0.25, 0.3) is 0 Å². The van der Waals surface area contributed by atoms with Gasteiger partial charge in [-0.2, -0.15) is 0 Å². The molecule has 1 aliphatic carbocycles. The lowest BCUT2D eigenvalue weighted by Crippen LogP contribution is -2.51. The van der Waals surface area contributed by atoms with Crippen LogP contribution in [0.15, 0.2) is 64.3 Å². The maximum Gasteiger partial charge on any atom is 0.222 e. The third kappa shape index (κ3) is 4.49. The number of hydrogen-bond donors (Lipinski definition) is 1. The Balaban J connectivity index is 1.30. The summed E-state index contributed by atoms with van der Waals surface area (Å²) in [5.41, 5.74) is 12.6. The Morgan fingerprint density at radius 2 is 1.75 bits per heavy atom. The Hall–Kier alpha value is -2.53. The second kappa shape index (κ2) is 9.14. The molecule has 1 unspecified atom stereocenters. The van der Waals surface area contributed by atoms with Gasteiger partial charge in [-0.1, -0.05) is 37.3 Å². The molecule has 32 heavy (non-hydrogen) atoms. The zero-order chi connectivity index (χ0) is 22.9. The van der Waals surface area contributed by atoms with Crippen molar-refractivity contribution in [2.75, 3.05) is 32.7 Å². The summed E-state index contributed by atoms with van der Waals surface area (Å²) >= 11 is 0. The summed E-state index contributed by atoms with van der Waals surface area (Å²) in [4.78, 5) is 17.2. The second-order valence-corrected chi connectivity index (χ2v) is 9.84. The summed E-state index contributed by atoms with van der Waals surface area (Å²) in [6, 6.07) is 10.4. The molecule has 0 radical (unpaired) electrons. The molecule has 0 aromatic heterocycles. The number of benzene rings is 1. The number of carbonyl (C=O) groups is 1. The summed E-state index contributed by atoms with van der Waals surface area (Å²) in [5, 5.41) is 0. The molecule has 0 spiro atoms. The molecule has 172 valence electrons. The molecule has 0 saturated carbocycles. The van der Waals surface area contributed by atoms with Gasteiger partial charge in [-0.05, 0) is 51.2 Å². The molecule has 3 aliphatic rings. The maximum absolute atomic E-state index is 12.7. The highest BCUT2D eigenvalue weighted by Gasteiger charge is 2.43. The van der Waals surface area contributed by atoms with Crippen LogP contribution in [0.5, 0.6) is 0 Å². The van der Waals surface area contributed by atoms with Crippen molar-refractivity contribution in [3.05, 3.63) is 69.8 Å². The minimum atomic E-state index is -0.0942. The summed E-state index contributed by atoms with van der Waals surface area (Å²) in [7, 11) is 0. The highest BCUT2D eigenvalue weighted by molar-refractivity contribution is 5.76. The molecule has 2 heterocycles. The van der Waals surface area contributed by atoms with Gasteiger partial charge in [-0.3, -0.25) is 9.69 Å². The van der Waals surface area contributed by atoms with Crippen molar-refractivity contribution in [1.82, 2.24) is 9.80 Å². The molecule has 1 fully saturated rings. The predicted octanol–water partition coefficient (Wildman–Crippen LogP) is 4.37. The fraction of sp³-hybridized carbons (Fsp3) is 0.519. The van der Waals surface area contributed by atoms with E-state index < -0.39 is 0 Å². The smallest absolute Gasteiger partial charge is 0.222 e. The minimum Gasteiger partial charge on any atom is -0.466 e.